The summed E-state index contributed by atoms with van der Waals surface area (Å²) in [6.45, 7) is 24.0. The lowest BCUT2D eigenvalue weighted by Gasteiger charge is -2.25. The minimum atomic E-state index is -1.13. The van der Waals surface area contributed by atoms with Gasteiger partial charge >= 0.3 is 11.9 Å². The number of H-pyrrole nitrogens is 2. The zero-order chi connectivity index (χ0) is 47.3. The molecule has 356 valence electrons. The molecule has 8 bridgehead atoms. The van der Waals surface area contributed by atoms with Gasteiger partial charge in [-0.3, -0.25) is 19.2 Å². The maximum atomic E-state index is 14.4. The van der Waals surface area contributed by atoms with E-state index in [1.165, 1.54) is 64.0 Å². The number of esters is 2. The minimum Gasteiger partial charge on any atom is -0.468 e. The van der Waals surface area contributed by atoms with Crippen molar-refractivity contribution >= 4 is 47.3 Å². The Morgan fingerprint density at radius 2 is 1.40 bits per heavy atom. The molecule has 1 fully saturated rings. The molecule has 3 aliphatic heterocycles. The van der Waals surface area contributed by atoms with E-state index >= 15 is 0 Å². The average Bonchev–Trinajstić information content (AvgIpc) is 4.00. The number of hydrogen-bond donors (Lipinski definition) is 4. The van der Waals surface area contributed by atoms with Crippen molar-refractivity contribution in [2.45, 2.75) is 166 Å². The molecule has 6 rings (SSSR count). The summed E-state index contributed by atoms with van der Waals surface area (Å²) in [7, 11) is 1.32. The Labute approximate surface area is 389 Å². The highest BCUT2D eigenvalue weighted by Crippen LogP contribution is 2.43. The monoisotopic (exact) mass is 893 g/mol. The molecule has 1 saturated heterocycles. The first kappa shape index (κ1) is 49.8. The van der Waals surface area contributed by atoms with Gasteiger partial charge in [0.15, 0.2) is 11.6 Å². The van der Waals surface area contributed by atoms with E-state index < -0.39 is 17.9 Å². The highest BCUT2D eigenvalue weighted by Gasteiger charge is 2.49. The molecule has 0 saturated carbocycles. The molecule has 1 aliphatic carbocycles. The number of rotatable bonds is 21. The molecule has 8 unspecified atom stereocenters. The van der Waals surface area contributed by atoms with Gasteiger partial charge in [-0.15, -0.1) is 0 Å². The first-order valence-electron chi connectivity index (χ1n) is 25.1. The van der Waals surface area contributed by atoms with Crippen molar-refractivity contribution in [3.05, 3.63) is 67.0 Å². The van der Waals surface area contributed by atoms with Gasteiger partial charge < -0.3 is 30.1 Å². The number of Topliss-reactive ketones (excluding diaryl/α,β-unsaturated/α-hetero) is 2. The van der Waals surface area contributed by atoms with Crippen molar-refractivity contribution < 1.29 is 28.7 Å². The third-order valence-corrected chi connectivity index (χ3v) is 15.4. The fourth-order valence-corrected chi connectivity index (χ4v) is 11.3. The number of methoxy groups -OCH3 is 1. The van der Waals surface area contributed by atoms with E-state index in [4.69, 9.17) is 9.47 Å². The summed E-state index contributed by atoms with van der Waals surface area (Å²) >= 11 is 0. The number of nitrogens with one attached hydrogen (secondary N) is 4. The Kier molecular flexibility index (Phi) is 16.7. The topological polar surface area (TPSA) is 142 Å². The fraction of sp³-hybridized carbons (Fsp3) is 0.636. The smallest absolute Gasteiger partial charge is 0.320 e. The third-order valence-electron chi connectivity index (χ3n) is 15.4. The molecule has 65 heavy (non-hydrogen) atoms. The molecule has 10 nitrogen and oxygen atoms in total. The van der Waals surface area contributed by atoms with E-state index in [1.54, 1.807) is 6.92 Å². The number of hydrogen-bond acceptors (Lipinski definition) is 8. The van der Waals surface area contributed by atoms with Gasteiger partial charge in [-0.1, -0.05) is 113 Å². The maximum Gasteiger partial charge on any atom is 0.320 e. The van der Waals surface area contributed by atoms with Crippen molar-refractivity contribution in [3.63, 3.8) is 0 Å². The number of aromatic nitrogens is 2. The standard InChI is InChI=1S/C55H80N4O6/c1-13-39-34(7)41-29-46-48(38(11)60)36(9)43(57-46)27-42-35(8)40(52(58-42)50-51(55(63)64-12)54(62)49-37(10)44(59-53(49)50)28-45(39)56-41)23-24-47(61)65-26-25-33(6)22-16-21-32(5)20-15-19-31(4)18-14-17-30(2)3/h27-35,40,51-52,56-59H,13-26H2,1-12H3/b41-29-,42-27-,44-28-. The van der Waals surface area contributed by atoms with Crippen LogP contribution in [-0.4, -0.2) is 53.2 Å². The number of ether oxygens (including phenoxy) is 2. The molecule has 2 aromatic heterocycles. The Bertz CT molecular complexity index is 2320. The second-order valence-electron chi connectivity index (χ2n) is 20.8. The second kappa shape index (κ2) is 21.8. The van der Waals surface area contributed by atoms with Crippen LogP contribution in [0.1, 0.15) is 189 Å². The molecule has 4 aliphatic rings. The van der Waals surface area contributed by atoms with Crippen LogP contribution in [0.3, 0.4) is 0 Å². The third kappa shape index (κ3) is 11.2. The number of carbonyl (C=O) groups excluding carboxylic acids is 4. The van der Waals surface area contributed by atoms with Crippen LogP contribution in [0.2, 0.25) is 0 Å². The molecular weight excluding hydrogens is 813 g/mol. The molecule has 10 heteroatoms. The summed E-state index contributed by atoms with van der Waals surface area (Å²) in [4.78, 5) is 62.0. The van der Waals surface area contributed by atoms with Crippen molar-refractivity contribution in [1.29, 1.82) is 0 Å². The van der Waals surface area contributed by atoms with Crippen molar-refractivity contribution in [2.75, 3.05) is 13.7 Å². The lowest BCUT2D eigenvalue weighted by Crippen LogP contribution is -2.38. The molecule has 2 aromatic rings. The van der Waals surface area contributed by atoms with Gasteiger partial charge in [-0.25, -0.2) is 0 Å². The first-order valence-corrected chi connectivity index (χ1v) is 25.1. The maximum absolute atomic E-state index is 14.4. The molecular formula is C55H80N4O6. The van der Waals surface area contributed by atoms with Crippen LogP contribution in [0.15, 0.2) is 22.7 Å². The predicted molar refractivity (Wildman–Crippen MR) is 262 cm³/mol. The summed E-state index contributed by atoms with van der Waals surface area (Å²) in [6.07, 6.45) is 20.1. The average molecular weight is 893 g/mol. The lowest BCUT2D eigenvalue weighted by molar-refractivity contribution is -0.144. The number of fused-ring (bicyclic) bond motifs is 8. The number of ketones is 2. The van der Waals surface area contributed by atoms with E-state index in [0.717, 1.165) is 82.0 Å². The van der Waals surface area contributed by atoms with Gasteiger partial charge in [0.25, 0.3) is 0 Å². The van der Waals surface area contributed by atoms with Crippen LogP contribution in [0.25, 0.3) is 23.8 Å². The molecule has 4 N–H and O–H groups in total. The lowest BCUT2D eigenvalue weighted by atomic mass is 9.80. The number of carbonyl (C=O) groups is 4. The number of allylic oxidation sites excluding steroid dienone is 3. The van der Waals surface area contributed by atoms with E-state index in [2.05, 4.69) is 94.2 Å². The first-order chi connectivity index (χ1) is 30.9. The summed E-state index contributed by atoms with van der Waals surface area (Å²) in [5, 5.41) is 8.84. The van der Waals surface area contributed by atoms with E-state index in [0.29, 0.717) is 41.0 Å². The van der Waals surface area contributed by atoms with E-state index in [-0.39, 0.29) is 41.7 Å². The molecule has 0 aromatic carbocycles. The van der Waals surface area contributed by atoms with Crippen LogP contribution in [-0.2, 0) is 19.1 Å². The summed E-state index contributed by atoms with van der Waals surface area (Å²) in [5.74, 6) is 0.361. The van der Waals surface area contributed by atoms with Crippen molar-refractivity contribution in [3.8, 4) is 0 Å². The van der Waals surface area contributed by atoms with Gasteiger partial charge in [0, 0.05) is 57.5 Å². The summed E-state index contributed by atoms with van der Waals surface area (Å²) < 4.78 is 11.2. The van der Waals surface area contributed by atoms with Gasteiger partial charge in [-0.2, -0.15) is 0 Å². The quantitative estimate of drug-likeness (QED) is 0.0551. The Balaban J connectivity index is 1.19. The Hall–Kier alpha value is -4.60. The Morgan fingerprint density at radius 3 is 2.00 bits per heavy atom. The summed E-state index contributed by atoms with van der Waals surface area (Å²) in [5.41, 5.74) is 9.00. The SMILES string of the molecule is CCC1=C2/C=c3\[nH]c4c(c3C)C(=O)C(C(=O)OC)C=4C3N/C(=C\c4[nH]c(c(C(C)=O)c4C)/C=C(\N2)C1C)C(C)C3CCC(=O)OCCC(C)CCCC(C)CCCC(C)CCCC(C)C. The van der Waals surface area contributed by atoms with Gasteiger partial charge in [0.05, 0.1) is 30.8 Å². The highest BCUT2D eigenvalue weighted by molar-refractivity contribution is 6.19. The van der Waals surface area contributed by atoms with Crippen LogP contribution in [0.4, 0.5) is 0 Å². The van der Waals surface area contributed by atoms with Gasteiger partial charge in [-0.05, 0) is 110 Å². The van der Waals surface area contributed by atoms with Gasteiger partial charge in [0.1, 0.15) is 5.92 Å². The predicted octanol–water partition coefficient (Wildman–Crippen LogP) is 10.4. The van der Waals surface area contributed by atoms with Gasteiger partial charge in [0.2, 0.25) is 0 Å². The summed E-state index contributed by atoms with van der Waals surface area (Å²) in [6, 6.07) is -0.471. The van der Waals surface area contributed by atoms with Crippen LogP contribution in [0, 0.1) is 61.2 Å². The zero-order valence-corrected chi connectivity index (χ0v) is 41.8. The largest absolute Gasteiger partial charge is 0.468 e. The molecule has 0 radical (unpaired) electrons. The number of aromatic amines is 2. The highest BCUT2D eigenvalue weighted by atomic mass is 16.5. The fourth-order valence-electron chi connectivity index (χ4n) is 11.3. The second-order valence-corrected chi connectivity index (χ2v) is 20.8. The van der Waals surface area contributed by atoms with Crippen molar-refractivity contribution in [1.82, 2.24) is 20.6 Å². The van der Waals surface area contributed by atoms with E-state index in [9.17, 15) is 19.2 Å². The normalized spacial score (nSPS) is 24.7. The molecule has 5 heterocycles. The minimum absolute atomic E-state index is 0.0266. The van der Waals surface area contributed by atoms with Crippen LogP contribution < -0.4 is 21.3 Å². The van der Waals surface area contributed by atoms with E-state index in [1.807, 2.05) is 13.8 Å². The molecule has 0 spiro atoms. The van der Waals surface area contributed by atoms with Crippen molar-refractivity contribution in [2.24, 2.45) is 47.3 Å². The van der Waals surface area contributed by atoms with Crippen LogP contribution >= 0.6 is 0 Å². The molecule has 0 amide bonds. The Morgan fingerprint density at radius 1 is 0.785 bits per heavy atom. The molecule has 8 atom stereocenters. The zero-order valence-electron chi connectivity index (χ0n) is 41.8. The van der Waals surface area contributed by atoms with Crippen LogP contribution in [0.5, 0.6) is 0 Å².